The van der Waals surface area contributed by atoms with E-state index >= 15 is 0 Å². The first-order chi connectivity index (χ1) is 14.2. The van der Waals surface area contributed by atoms with Crippen LogP contribution < -0.4 is 0 Å². The van der Waals surface area contributed by atoms with E-state index in [9.17, 15) is 0 Å². The van der Waals surface area contributed by atoms with Crippen LogP contribution in [-0.4, -0.2) is 37.6 Å². The minimum absolute atomic E-state index is 0.385. The normalized spacial score (nSPS) is 17.6. The van der Waals surface area contributed by atoms with Crippen molar-refractivity contribution in [2.45, 2.75) is 32.2 Å². The fourth-order valence-electron chi connectivity index (χ4n) is 4.26. The number of nitrogens with zero attached hydrogens (tertiary/aromatic N) is 5. The second-order valence-corrected chi connectivity index (χ2v) is 8.00. The van der Waals surface area contributed by atoms with Gasteiger partial charge in [-0.15, -0.1) is 0 Å². The topological polar surface area (TPSA) is 46.3 Å². The van der Waals surface area contributed by atoms with E-state index in [1.807, 2.05) is 22.8 Å². The predicted octanol–water partition coefficient (Wildman–Crippen LogP) is 4.48. The number of hydrogen-bond acceptors (Lipinski definition) is 4. The molecule has 1 saturated heterocycles. The standard InChI is InChI=1S/C24H25N5/c1-18-5-2-6-19(13-18)15-28-12-4-8-22(16-28)24-26-23-10-9-21(17-29(23)27-24)20-7-3-11-25-14-20/h2-3,5-7,9-11,13-14,17,22H,4,8,12,15-16H2,1H3/t22-/m1/s1. The molecule has 0 aliphatic carbocycles. The van der Waals surface area contributed by atoms with Gasteiger partial charge in [-0.2, -0.15) is 5.10 Å². The van der Waals surface area contributed by atoms with Gasteiger partial charge in [-0.3, -0.25) is 9.88 Å². The van der Waals surface area contributed by atoms with Gasteiger partial charge in [0.15, 0.2) is 11.5 Å². The second-order valence-electron chi connectivity index (χ2n) is 8.00. The SMILES string of the molecule is Cc1cccc(CN2CCC[C@@H](c3nc4ccc(-c5cccnc5)cn4n3)C2)c1. The molecule has 29 heavy (non-hydrogen) atoms. The minimum atomic E-state index is 0.385. The minimum Gasteiger partial charge on any atom is -0.298 e. The van der Waals surface area contributed by atoms with Gasteiger partial charge in [-0.05, 0) is 50.1 Å². The van der Waals surface area contributed by atoms with Gasteiger partial charge < -0.3 is 0 Å². The van der Waals surface area contributed by atoms with Gasteiger partial charge in [0, 0.05) is 48.7 Å². The monoisotopic (exact) mass is 383 g/mol. The van der Waals surface area contributed by atoms with Crippen LogP contribution in [0.1, 0.15) is 35.7 Å². The maximum atomic E-state index is 4.84. The highest BCUT2D eigenvalue weighted by atomic mass is 15.3. The molecule has 1 aliphatic rings. The highest BCUT2D eigenvalue weighted by Crippen LogP contribution is 2.27. The number of likely N-dealkylation sites (tertiary alicyclic amines) is 1. The average Bonchev–Trinajstić information content (AvgIpc) is 3.18. The van der Waals surface area contributed by atoms with Gasteiger partial charge in [0.25, 0.3) is 0 Å². The van der Waals surface area contributed by atoms with Crippen LogP contribution in [0.2, 0.25) is 0 Å². The van der Waals surface area contributed by atoms with E-state index in [0.29, 0.717) is 5.92 Å². The summed E-state index contributed by atoms with van der Waals surface area (Å²) < 4.78 is 1.91. The number of piperidine rings is 1. The number of fused-ring (bicyclic) bond motifs is 1. The van der Waals surface area contributed by atoms with E-state index in [0.717, 1.165) is 48.7 Å². The van der Waals surface area contributed by atoms with Crippen molar-refractivity contribution in [2.75, 3.05) is 13.1 Å². The van der Waals surface area contributed by atoms with Crippen LogP contribution in [0.15, 0.2) is 67.1 Å². The molecule has 1 fully saturated rings. The molecular formula is C24H25N5. The van der Waals surface area contributed by atoms with Crippen molar-refractivity contribution in [3.8, 4) is 11.1 Å². The summed E-state index contributed by atoms with van der Waals surface area (Å²) in [4.78, 5) is 11.6. The Morgan fingerprint density at radius 1 is 1.07 bits per heavy atom. The molecule has 0 N–H and O–H groups in total. The maximum absolute atomic E-state index is 4.84. The van der Waals surface area contributed by atoms with E-state index in [-0.39, 0.29) is 0 Å². The first-order valence-electron chi connectivity index (χ1n) is 10.3. The van der Waals surface area contributed by atoms with Crippen molar-refractivity contribution in [3.63, 3.8) is 0 Å². The smallest absolute Gasteiger partial charge is 0.156 e. The van der Waals surface area contributed by atoms with Crippen molar-refractivity contribution in [3.05, 3.63) is 84.1 Å². The molecule has 5 nitrogen and oxygen atoms in total. The number of aromatic nitrogens is 4. The molecule has 0 unspecified atom stereocenters. The van der Waals surface area contributed by atoms with Crippen LogP contribution >= 0.6 is 0 Å². The van der Waals surface area contributed by atoms with Crippen LogP contribution in [0.25, 0.3) is 16.8 Å². The quantitative estimate of drug-likeness (QED) is 0.521. The summed E-state index contributed by atoms with van der Waals surface area (Å²) in [5, 5.41) is 4.84. The fraction of sp³-hybridized carbons (Fsp3) is 0.292. The first kappa shape index (κ1) is 18.0. The fourth-order valence-corrected chi connectivity index (χ4v) is 4.26. The van der Waals surface area contributed by atoms with E-state index < -0.39 is 0 Å². The Balaban J connectivity index is 1.35. The molecule has 4 heterocycles. The predicted molar refractivity (Wildman–Crippen MR) is 115 cm³/mol. The van der Waals surface area contributed by atoms with Gasteiger partial charge in [-0.1, -0.05) is 35.9 Å². The van der Waals surface area contributed by atoms with E-state index in [2.05, 4.69) is 59.4 Å². The molecule has 0 saturated carbocycles. The van der Waals surface area contributed by atoms with Crippen LogP contribution in [0.4, 0.5) is 0 Å². The largest absolute Gasteiger partial charge is 0.298 e. The Kier molecular flexibility index (Phi) is 4.82. The summed E-state index contributed by atoms with van der Waals surface area (Å²) in [7, 11) is 0. The maximum Gasteiger partial charge on any atom is 0.156 e. The molecule has 3 aromatic heterocycles. The highest BCUT2D eigenvalue weighted by Gasteiger charge is 2.24. The molecule has 0 radical (unpaired) electrons. The Bertz CT molecular complexity index is 1120. The van der Waals surface area contributed by atoms with Gasteiger partial charge in [-0.25, -0.2) is 9.50 Å². The van der Waals surface area contributed by atoms with Crippen molar-refractivity contribution in [2.24, 2.45) is 0 Å². The lowest BCUT2D eigenvalue weighted by Gasteiger charge is -2.31. The molecule has 5 rings (SSSR count). The highest BCUT2D eigenvalue weighted by molar-refractivity contribution is 5.63. The second kappa shape index (κ2) is 7.76. The van der Waals surface area contributed by atoms with Crippen molar-refractivity contribution < 1.29 is 0 Å². The van der Waals surface area contributed by atoms with E-state index in [1.165, 1.54) is 17.5 Å². The Morgan fingerprint density at radius 3 is 2.90 bits per heavy atom. The van der Waals surface area contributed by atoms with E-state index in [4.69, 9.17) is 10.1 Å². The number of hydrogen-bond donors (Lipinski definition) is 0. The summed E-state index contributed by atoms with van der Waals surface area (Å²) in [6, 6.07) is 17.0. The van der Waals surface area contributed by atoms with Crippen LogP contribution in [0, 0.1) is 6.92 Å². The first-order valence-corrected chi connectivity index (χ1v) is 10.3. The zero-order chi connectivity index (χ0) is 19.6. The van der Waals surface area contributed by atoms with Gasteiger partial charge >= 0.3 is 0 Å². The van der Waals surface area contributed by atoms with Gasteiger partial charge in [0.2, 0.25) is 0 Å². The summed E-state index contributed by atoms with van der Waals surface area (Å²) in [6.45, 7) is 5.31. The Hall–Kier alpha value is -3.05. The number of benzene rings is 1. The summed E-state index contributed by atoms with van der Waals surface area (Å²) in [6.07, 6.45) is 8.06. The van der Waals surface area contributed by atoms with Gasteiger partial charge in [0.05, 0.1) is 0 Å². The molecule has 1 aromatic carbocycles. The lowest BCUT2D eigenvalue weighted by atomic mass is 9.97. The molecule has 0 amide bonds. The summed E-state index contributed by atoms with van der Waals surface area (Å²) >= 11 is 0. The van der Waals surface area contributed by atoms with Crippen LogP contribution in [0.5, 0.6) is 0 Å². The molecule has 0 bridgehead atoms. The molecule has 4 aromatic rings. The van der Waals surface area contributed by atoms with E-state index in [1.54, 1.807) is 6.20 Å². The Labute approximate surface area is 171 Å². The molecule has 1 atom stereocenters. The van der Waals surface area contributed by atoms with Crippen LogP contribution in [-0.2, 0) is 6.54 Å². The third-order valence-electron chi connectivity index (χ3n) is 5.70. The van der Waals surface area contributed by atoms with Crippen molar-refractivity contribution >= 4 is 5.65 Å². The lowest BCUT2D eigenvalue weighted by Crippen LogP contribution is -2.34. The average molecular weight is 383 g/mol. The number of rotatable bonds is 4. The third-order valence-corrected chi connectivity index (χ3v) is 5.70. The molecule has 1 aliphatic heterocycles. The Morgan fingerprint density at radius 2 is 2.03 bits per heavy atom. The molecule has 0 spiro atoms. The number of aryl methyl sites for hydroxylation is 1. The molecule has 146 valence electrons. The van der Waals surface area contributed by atoms with Crippen LogP contribution in [0.3, 0.4) is 0 Å². The van der Waals surface area contributed by atoms with Crippen molar-refractivity contribution in [1.82, 2.24) is 24.5 Å². The lowest BCUT2D eigenvalue weighted by molar-refractivity contribution is 0.196. The zero-order valence-electron chi connectivity index (χ0n) is 16.7. The summed E-state index contributed by atoms with van der Waals surface area (Å²) in [5.41, 5.74) is 5.81. The summed E-state index contributed by atoms with van der Waals surface area (Å²) in [5.74, 6) is 1.34. The zero-order valence-corrected chi connectivity index (χ0v) is 16.7. The van der Waals surface area contributed by atoms with Crippen molar-refractivity contribution in [1.29, 1.82) is 0 Å². The van der Waals surface area contributed by atoms with Gasteiger partial charge in [0.1, 0.15) is 0 Å². The number of pyridine rings is 2. The molecular weight excluding hydrogens is 358 g/mol. The molecule has 5 heteroatoms. The third kappa shape index (κ3) is 3.91.